The molecule has 0 radical (unpaired) electrons. The van der Waals surface area contributed by atoms with Crippen molar-refractivity contribution in [3.05, 3.63) is 138 Å². The van der Waals surface area contributed by atoms with Crippen molar-refractivity contribution in [2.24, 2.45) is 0 Å². The molecule has 224 valence electrons. The van der Waals surface area contributed by atoms with Gasteiger partial charge in [0.2, 0.25) is 5.91 Å². The first kappa shape index (κ1) is 30.1. The van der Waals surface area contributed by atoms with Gasteiger partial charge in [-0.05, 0) is 54.1 Å². The van der Waals surface area contributed by atoms with Crippen molar-refractivity contribution in [3.63, 3.8) is 0 Å². The van der Waals surface area contributed by atoms with Crippen LogP contribution in [0.2, 0.25) is 0 Å². The predicted octanol–water partition coefficient (Wildman–Crippen LogP) is 8.01. The van der Waals surface area contributed by atoms with E-state index in [2.05, 4.69) is 16.4 Å². The number of thioether (sulfide) groups is 1. The molecule has 46 heavy (non-hydrogen) atoms. The number of hydrogen-bond donors (Lipinski definition) is 2. The summed E-state index contributed by atoms with van der Waals surface area (Å²) < 4.78 is 5.52. The molecule has 0 bridgehead atoms. The highest BCUT2D eigenvalue weighted by Gasteiger charge is 2.25. The van der Waals surface area contributed by atoms with E-state index in [1.807, 2.05) is 60.7 Å². The maximum absolute atomic E-state index is 13.9. The molecule has 6 aromatic rings. The van der Waals surface area contributed by atoms with Crippen LogP contribution in [0, 0.1) is 11.3 Å². The number of nitriles is 1. The minimum absolute atomic E-state index is 0.167. The van der Waals surface area contributed by atoms with E-state index in [0.29, 0.717) is 49.9 Å². The number of hydrogen-bond acceptors (Lipinski definition) is 7. The molecule has 0 aliphatic carbocycles. The van der Waals surface area contributed by atoms with Crippen molar-refractivity contribution in [2.75, 3.05) is 12.4 Å². The van der Waals surface area contributed by atoms with E-state index in [9.17, 15) is 20.0 Å². The number of aromatic nitrogens is 2. The molecular weight excluding hydrogens is 596 g/mol. The molecule has 9 heteroatoms. The molecule has 0 aliphatic rings. The Balaban J connectivity index is 1.29. The van der Waals surface area contributed by atoms with Crippen molar-refractivity contribution in [1.29, 1.82) is 5.26 Å². The van der Waals surface area contributed by atoms with Crippen LogP contribution in [-0.2, 0) is 4.79 Å². The second-order valence-corrected chi connectivity index (χ2v) is 11.3. The Morgan fingerprint density at radius 3 is 2.30 bits per heavy atom. The number of carbonyl (C=O) groups is 2. The Kier molecular flexibility index (Phi) is 8.72. The van der Waals surface area contributed by atoms with Crippen LogP contribution in [0.5, 0.6) is 5.75 Å². The molecule has 1 amide bonds. The summed E-state index contributed by atoms with van der Waals surface area (Å²) >= 11 is 1.20. The first-order chi connectivity index (χ1) is 22.4. The maximum atomic E-state index is 13.9. The zero-order valence-corrected chi connectivity index (χ0v) is 25.4. The normalized spacial score (nSPS) is 11.4. The topological polar surface area (TPSA) is 125 Å². The summed E-state index contributed by atoms with van der Waals surface area (Å²) in [7, 11) is 1.59. The Bertz CT molecular complexity index is 2110. The van der Waals surface area contributed by atoms with Gasteiger partial charge in [-0.3, -0.25) is 4.79 Å². The van der Waals surface area contributed by atoms with Crippen LogP contribution in [0.1, 0.15) is 26.7 Å². The zero-order chi connectivity index (χ0) is 32.0. The molecule has 2 aromatic heterocycles. The molecule has 0 spiro atoms. The lowest BCUT2D eigenvalue weighted by Crippen LogP contribution is -2.19. The van der Waals surface area contributed by atoms with E-state index in [0.717, 1.165) is 11.1 Å². The van der Waals surface area contributed by atoms with Crippen LogP contribution in [0.4, 0.5) is 5.69 Å². The number of nitrogens with zero attached hydrogens (tertiary/aromatic N) is 3. The van der Waals surface area contributed by atoms with Crippen molar-refractivity contribution in [2.45, 2.75) is 10.3 Å². The number of amides is 1. The van der Waals surface area contributed by atoms with Gasteiger partial charge in [0.1, 0.15) is 22.1 Å². The largest absolute Gasteiger partial charge is 0.496 e. The molecule has 4 aromatic carbocycles. The zero-order valence-electron chi connectivity index (χ0n) is 24.5. The fourth-order valence-electron chi connectivity index (χ4n) is 5.07. The first-order valence-corrected chi connectivity index (χ1v) is 15.1. The Hall–Kier alpha value is -5.98. The Morgan fingerprint density at radius 2 is 1.57 bits per heavy atom. The van der Waals surface area contributed by atoms with Gasteiger partial charge in [0.15, 0.2) is 0 Å². The summed E-state index contributed by atoms with van der Waals surface area (Å²) in [6, 6.07) is 38.2. The molecule has 2 N–H and O–H groups in total. The van der Waals surface area contributed by atoms with E-state index in [4.69, 9.17) is 9.72 Å². The van der Waals surface area contributed by atoms with Gasteiger partial charge in [-0.15, -0.1) is 0 Å². The minimum atomic E-state index is -1.03. The van der Waals surface area contributed by atoms with Crippen LogP contribution in [0.25, 0.3) is 33.4 Å². The number of nitrogens with one attached hydrogen (secondary N) is 1. The van der Waals surface area contributed by atoms with Crippen molar-refractivity contribution >= 4 is 40.2 Å². The number of carboxylic acid groups (broad SMARTS) is 1. The van der Waals surface area contributed by atoms with E-state index in [-0.39, 0.29) is 11.5 Å². The number of fused-ring (bicyclic) bond motifs is 1. The number of ether oxygens (including phenoxy) is 1. The van der Waals surface area contributed by atoms with Gasteiger partial charge in [0.05, 0.1) is 35.1 Å². The average Bonchev–Trinajstić information content (AvgIpc) is 3.10. The van der Waals surface area contributed by atoms with Crippen LogP contribution >= 0.6 is 11.8 Å². The Morgan fingerprint density at radius 1 is 0.848 bits per heavy atom. The van der Waals surface area contributed by atoms with E-state index in [1.54, 1.807) is 67.8 Å². The van der Waals surface area contributed by atoms with Gasteiger partial charge in [0, 0.05) is 22.2 Å². The van der Waals surface area contributed by atoms with Gasteiger partial charge in [-0.25, -0.2) is 14.8 Å². The summed E-state index contributed by atoms with van der Waals surface area (Å²) in [5.41, 5.74) is 5.00. The molecule has 1 atom stereocenters. The van der Waals surface area contributed by atoms with Gasteiger partial charge in [-0.2, -0.15) is 5.26 Å². The van der Waals surface area contributed by atoms with Gasteiger partial charge >= 0.3 is 5.97 Å². The molecule has 2 heterocycles. The molecule has 6 rings (SSSR count). The molecule has 8 nitrogen and oxygen atoms in total. The summed E-state index contributed by atoms with van der Waals surface area (Å²) in [5, 5.41) is 22.9. The molecule has 0 saturated heterocycles. The second-order valence-electron chi connectivity index (χ2n) is 10.2. The summed E-state index contributed by atoms with van der Waals surface area (Å²) in [6.07, 6.45) is 0. The lowest BCUT2D eigenvalue weighted by molar-refractivity contribution is -0.115. The van der Waals surface area contributed by atoms with Crippen LogP contribution < -0.4 is 10.1 Å². The highest BCUT2D eigenvalue weighted by Crippen LogP contribution is 2.39. The monoisotopic (exact) mass is 622 g/mol. The summed E-state index contributed by atoms with van der Waals surface area (Å²) in [6.45, 7) is 0. The van der Waals surface area contributed by atoms with E-state index >= 15 is 0 Å². The average molecular weight is 623 g/mol. The number of pyridine rings is 2. The number of methoxy groups -OCH3 is 1. The number of anilines is 1. The van der Waals surface area contributed by atoms with Gasteiger partial charge < -0.3 is 15.2 Å². The third-order valence-corrected chi connectivity index (χ3v) is 8.58. The summed E-state index contributed by atoms with van der Waals surface area (Å²) in [4.78, 5) is 35.2. The highest BCUT2D eigenvalue weighted by atomic mass is 32.2. The van der Waals surface area contributed by atoms with Crippen molar-refractivity contribution < 1.29 is 19.4 Å². The highest BCUT2D eigenvalue weighted by molar-refractivity contribution is 8.00. The SMILES string of the molecule is COc1ccccc1-c1ccc(C#N)c(SC(C(=O)Nc2ccc(-c3cc(C(=O)O)c4ccccc4n3)cc2)c2ccccc2)n1. The number of benzene rings is 4. The van der Waals surface area contributed by atoms with Crippen molar-refractivity contribution in [1.82, 2.24) is 9.97 Å². The molecule has 0 fully saturated rings. The van der Waals surface area contributed by atoms with Crippen LogP contribution in [0.3, 0.4) is 0 Å². The minimum Gasteiger partial charge on any atom is -0.496 e. The van der Waals surface area contributed by atoms with Crippen LogP contribution in [0.15, 0.2) is 126 Å². The first-order valence-electron chi connectivity index (χ1n) is 14.3. The van der Waals surface area contributed by atoms with E-state index < -0.39 is 11.2 Å². The second kappa shape index (κ2) is 13.3. The van der Waals surface area contributed by atoms with Crippen molar-refractivity contribution in [3.8, 4) is 34.3 Å². The number of aromatic carboxylic acids is 1. The Labute approximate surface area is 269 Å². The predicted molar refractivity (Wildman–Crippen MR) is 179 cm³/mol. The molecule has 0 aliphatic heterocycles. The fraction of sp³-hybridized carbons (Fsp3) is 0.0541. The smallest absolute Gasteiger partial charge is 0.336 e. The lowest BCUT2D eigenvalue weighted by Gasteiger charge is -2.18. The van der Waals surface area contributed by atoms with E-state index in [1.165, 1.54) is 11.8 Å². The number of rotatable bonds is 9. The fourth-order valence-corrected chi connectivity index (χ4v) is 6.14. The molecular formula is C37H26N4O4S. The molecule has 1 unspecified atom stereocenters. The summed E-state index contributed by atoms with van der Waals surface area (Å²) in [5.74, 6) is -0.681. The standard InChI is InChI=1S/C37H26N4O4S/c1-45-33-14-8-6-12-28(33)31-20-17-25(22-38)36(41-31)46-34(24-9-3-2-4-10-24)35(42)39-26-18-15-23(16-19-26)32-21-29(37(43)44)27-11-5-7-13-30(27)40-32/h2-21,34H,1H3,(H,39,42)(H,43,44). The number of carbonyl (C=O) groups excluding carboxylic acids is 1. The van der Waals surface area contributed by atoms with Gasteiger partial charge in [-0.1, -0.05) is 84.6 Å². The third kappa shape index (κ3) is 6.29. The maximum Gasteiger partial charge on any atom is 0.336 e. The number of para-hydroxylation sites is 2. The third-order valence-electron chi connectivity index (χ3n) is 7.33. The van der Waals surface area contributed by atoms with Crippen LogP contribution in [-0.4, -0.2) is 34.1 Å². The quantitative estimate of drug-likeness (QED) is 0.155. The molecule has 0 saturated carbocycles. The van der Waals surface area contributed by atoms with Gasteiger partial charge in [0.25, 0.3) is 0 Å². The lowest BCUT2D eigenvalue weighted by atomic mass is 10.0. The number of carboxylic acids is 1.